The van der Waals surface area contributed by atoms with Crippen LogP contribution in [0, 0.1) is 0 Å². The molecular weight excluding hydrogens is 469 g/mol. The summed E-state index contributed by atoms with van der Waals surface area (Å²) in [5.74, 6) is 1.70. The number of fused-ring (bicyclic) bond motifs is 2. The lowest BCUT2D eigenvalue weighted by atomic mass is 10.0. The highest BCUT2D eigenvalue weighted by Crippen LogP contribution is 2.34. The zero-order chi connectivity index (χ0) is 22.1. The Bertz CT molecular complexity index is 1110. The van der Waals surface area contributed by atoms with Gasteiger partial charge in [0.25, 0.3) is 0 Å². The number of piperazine rings is 1. The number of aryl methyl sites for hydroxylation is 1. The van der Waals surface area contributed by atoms with E-state index in [1.165, 1.54) is 5.56 Å². The Morgan fingerprint density at radius 1 is 0.971 bits per heavy atom. The number of likely N-dealkylation sites (N-methyl/N-ethyl adjacent to an activating group) is 1. The highest BCUT2D eigenvalue weighted by atomic mass is 35.5. The van der Waals surface area contributed by atoms with Gasteiger partial charge in [-0.1, -0.05) is 42.5 Å². The first-order chi connectivity index (χ1) is 15.6. The Morgan fingerprint density at radius 2 is 1.71 bits per heavy atom. The van der Waals surface area contributed by atoms with Gasteiger partial charge in [-0.25, -0.2) is 4.99 Å². The Kier molecular flexibility index (Phi) is 8.57. The van der Waals surface area contributed by atoms with Crippen molar-refractivity contribution in [1.29, 1.82) is 0 Å². The smallest absolute Gasteiger partial charge is 0.184 e. The van der Waals surface area contributed by atoms with Gasteiger partial charge in [-0.2, -0.15) is 4.80 Å². The van der Waals surface area contributed by atoms with Crippen molar-refractivity contribution in [1.82, 2.24) is 24.8 Å². The largest absolute Gasteiger partial charge is 0.352 e. The van der Waals surface area contributed by atoms with Crippen LogP contribution in [0.1, 0.15) is 37.6 Å². The van der Waals surface area contributed by atoms with Crippen LogP contribution >= 0.6 is 24.8 Å². The SMILES string of the molecule is CC(C)n1nc2c(n1)C(N1CCN(C)[C@@H](CCc3ccccc3)C1)=Nc1ccccc1N2.Cl.Cl. The molecule has 2 aromatic carbocycles. The highest BCUT2D eigenvalue weighted by molar-refractivity contribution is 6.05. The molecule has 9 heteroatoms. The molecule has 0 spiro atoms. The molecule has 0 unspecified atom stereocenters. The number of benzene rings is 2. The van der Waals surface area contributed by atoms with Gasteiger partial charge in [-0.3, -0.25) is 4.90 Å². The summed E-state index contributed by atoms with van der Waals surface area (Å²) >= 11 is 0. The summed E-state index contributed by atoms with van der Waals surface area (Å²) in [6, 6.07) is 19.6. The number of aliphatic imine (C=N–C) groups is 1. The molecule has 1 atom stereocenters. The van der Waals surface area contributed by atoms with Gasteiger partial charge in [0.2, 0.25) is 0 Å². The molecule has 3 aromatic rings. The van der Waals surface area contributed by atoms with Gasteiger partial charge in [0.1, 0.15) is 0 Å². The van der Waals surface area contributed by atoms with Crippen molar-refractivity contribution in [2.75, 3.05) is 32.0 Å². The van der Waals surface area contributed by atoms with E-state index in [4.69, 9.17) is 15.2 Å². The Hall–Kier alpha value is -2.61. The first-order valence-corrected chi connectivity index (χ1v) is 11.5. The molecule has 1 N–H and O–H groups in total. The fourth-order valence-electron chi connectivity index (χ4n) is 4.41. The minimum absolute atomic E-state index is 0. The van der Waals surface area contributed by atoms with Crippen molar-refractivity contribution >= 4 is 47.8 Å². The maximum Gasteiger partial charge on any atom is 0.184 e. The van der Waals surface area contributed by atoms with Crippen molar-refractivity contribution in [2.45, 2.75) is 38.8 Å². The van der Waals surface area contributed by atoms with Crippen LogP contribution in [-0.4, -0.2) is 63.4 Å². The Morgan fingerprint density at radius 3 is 2.47 bits per heavy atom. The third-order valence-electron chi connectivity index (χ3n) is 6.37. The van der Waals surface area contributed by atoms with Crippen LogP contribution in [0.4, 0.5) is 17.2 Å². The number of aromatic nitrogens is 3. The summed E-state index contributed by atoms with van der Waals surface area (Å²) in [5, 5.41) is 13.1. The minimum Gasteiger partial charge on any atom is -0.352 e. The van der Waals surface area contributed by atoms with E-state index in [0.717, 1.165) is 61.2 Å². The normalized spacial score (nSPS) is 17.5. The molecule has 5 rings (SSSR count). The molecular formula is C25H33Cl2N7. The van der Waals surface area contributed by atoms with Crippen LogP contribution in [0.5, 0.6) is 0 Å². The fourth-order valence-corrected chi connectivity index (χ4v) is 4.41. The quantitative estimate of drug-likeness (QED) is 0.539. The first-order valence-electron chi connectivity index (χ1n) is 11.5. The summed E-state index contributed by atoms with van der Waals surface area (Å²) in [6.07, 6.45) is 2.19. The summed E-state index contributed by atoms with van der Waals surface area (Å²) in [6.45, 7) is 7.05. The minimum atomic E-state index is 0. The molecule has 2 aliphatic rings. The average Bonchev–Trinajstić information content (AvgIpc) is 3.16. The van der Waals surface area contributed by atoms with Gasteiger partial charge in [0.05, 0.1) is 17.4 Å². The van der Waals surface area contributed by atoms with Crippen molar-refractivity contribution < 1.29 is 0 Å². The molecule has 2 aliphatic heterocycles. The van der Waals surface area contributed by atoms with E-state index in [1.807, 2.05) is 24.3 Å². The number of amidine groups is 1. The first kappa shape index (κ1) is 26.0. The van der Waals surface area contributed by atoms with Crippen LogP contribution in [0.3, 0.4) is 0 Å². The molecule has 3 heterocycles. The third-order valence-corrected chi connectivity index (χ3v) is 6.37. The van der Waals surface area contributed by atoms with Crippen LogP contribution < -0.4 is 5.32 Å². The molecule has 7 nitrogen and oxygen atoms in total. The number of halogens is 2. The number of rotatable bonds is 4. The van der Waals surface area contributed by atoms with Gasteiger partial charge in [-0.15, -0.1) is 35.0 Å². The van der Waals surface area contributed by atoms with Crippen molar-refractivity contribution in [3.8, 4) is 0 Å². The molecule has 1 aromatic heterocycles. The van der Waals surface area contributed by atoms with Gasteiger partial charge < -0.3 is 10.2 Å². The predicted molar refractivity (Wildman–Crippen MR) is 144 cm³/mol. The molecule has 1 saturated heterocycles. The molecule has 1 fully saturated rings. The van der Waals surface area contributed by atoms with Gasteiger partial charge in [0, 0.05) is 25.7 Å². The lowest BCUT2D eigenvalue weighted by Crippen LogP contribution is -2.53. The second-order valence-electron chi connectivity index (χ2n) is 8.99. The zero-order valence-electron chi connectivity index (χ0n) is 19.9. The van der Waals surface area contributed by atoms with Crippen LogP contribution in [0.15, 0.2) is 59.6 Å². The summed E-state index contributed by atoms with van der Waals surface area (Å²) in [4.78, 5) is 11.8. The van der Waals surface area contributed by atoms with Crippen molar-refractivity contribution in [3.05, 3.63) is 65.9 Å². The maximum atomic E-state index is 5.10. The monoisotopic (exact) mass is 501 g/mol. The molecule has 0 aliphatic carbocycles. The summed E-state index contributed by atoms with van der Waals surface area (Å²) in [5.41, 5.74) is 4.12. The molecule has 0 amide bonds. The van der Waals surface area contributed by atoms with Gasteiger partial charge in [0.15, 0.2) is 17.3 Å². The van der Waals surface area contributed by atoms with Gasteiger partial charge in [-0.05, 0) is 51.4 Å². The van der Waals surface area contributed by atoms with Crippen LogP contribution in [0.25, 0.3) is 0 Å². The molecule has 0 bridgehead atoms. The molecule has 0 saturated carbocycles. The van der Waals surface area contributed by atoms with E-state index in [2.05, 4.69) is 66.3 Å². The molecule has 34 heavy (non-hydrogen) atoms. The van der Waals surface area contributed by atoms with E-state index in [0.29, 0.717) is 6.04 Å². The maximum absolute atomic E-state index is 5.10. The third kappa shape index (κ3) is 5.37. The Balaban J connectivity index is 0.00000162. The van der Waals surface area contributed by atoms with E-state index >= 15 is 0 Å². The lowest BCUT2D eigenvalue weighted by Gasteiger charge is -2.40. The van der Waals surface area contributed by atoms with E-state index in [1.54, 1.807) is 4.80 Å². The number of anilines is 2. The van der Waals surface area contributed by atoms with E-state index < -0.39 is 0 Å². The van der Waals surface area contributed by atoms with E-state index in [-0.39, 0.29) is 30.9 Å². The highest BCUT2D eigenvalue weighted by Gasteiger charge is 2.31. The summed E-state index contributed by atoms with van der Waals surface area (Å²) in [7, 11) is 2.24. The number of hydrogen-bond donors (Lipinski definition) is 1. The number of nitrogens with one attached hydrogen (secondary N) is 1. The average molecular weight is 502 g/mol. The van der Waals surface area contributed by atoms with Crippen molar-refractivity contribution in [3.63, 3.8) is 0 Å². The lowest BCUT2D eigenvalue weighted by molar-refractivity contribution is 0.134. The molecule has 182 valence electrons. The number of hydrogen-bond acceptors (Lipinski definition) is 6. The summed E-state index contributed by atoms with van der Waals surface area (Å²) < 4.78 is 0. The van der Waals surface area contributed by atoms with E-state index in [9.17, 15) is 0 Å². The van der Waals surface area contributed by atoms with Crippen LogP contribution in [0.2, 0.25) is 0 Å². The predicted octanol–water partition coefficient (Wildman–Crippen LogP) is 5.09. The number of nitrogens with zero attached hydrogens (tertiary/aromatic N) is 6. The Labute approximate surface area is 214 Å². The second kappa shape index (κ2) is 11.2. The van der Waals surface area contributed by atoms with Crippen molar-refractivity contribution in [2.24, 2.45) is 4.99 Å². The zero-order valence-corrected chi connectivity index (χ0v) is 21.5. The number of para-hydroxylation sites is 2. The van der Waals surface area contributed by atoms with Crippen LogP contribution in [-0.2, 0) is 6.42 Å². The van der Waals surface area contributed by atoms with Gasteiger partial charge >= 0.3 is 0 Å². The second-order valence-corrected chi connectivity index (χ2v) is 8.99. The standard InChI is InChI=1S/C25H31N7.2ClH/c1-18(2)32-28-23-24(29-32)26-21-11-7-8-12-22(21)27-25(23)31-16-15-30(3)20(17-31)14-13-19-9-5-4-6-10-19;;/h4-12,18,20H,13-17H2,1-3H3,(H,26,29);2*1H/t20-;;/m0../s1. The molecule has 0 radical (unpaired) electrons. The fraction of sp³-hybridized carbons (Fsp3) is 0.400. The topological polar surface area (TPSA) is 61.6 Å².